The maximum absolute atomic E-state index is 11.6. The molecule has 0 aromatic heterocycles. The van der Waals surface area contributed by atoms with E-state index in [2.05, 4.69) is 5.32 Å². The zero-order chi connectivity index (χ0) is 13.0. The number of aryl methyl sites for hydroxylation is 1. The van der Waals surface area contributed by atoms with Gasteiger partial charge in [0.25, 0.3) is 0 Å². The average molecular weight is 236 g/mol. The Balaban J connectivity index is 2.86. The van der Waals surface area contributed by atoms with Gasteiger partial charge in [-0.2, -0.15) is 0 Å². The number of carbonyl (C=O) groups excluding carboxylic acids is 1. The second-order valence-electron chi connectivity index (χ2n) is 4.46. The Labute approximate surface area is 102 Å². The van der Waals surface area contributed by atoms with E-state index in [1.165, 1.54) is 7.11 Å². The highest BCUT2D eigenvalue weighted by molar-refractivity contribution is 5.79. The predicted octanol–water partition coefficient (Wildman–Crippen LogP) is 2.19. The summed E-state index contributed by atoms with van der Waals surface area (Å²) in [6.07, 6.45) is 0. The van der Waals surface area contributed by atoms with E-state index in [1.807, 2.05) is 39.0 Å². The summed E-state index contributed by atoms with van der Waals surface area (Å²) in [5, 5.41) is 3.14. The lowest BCUT2D eigenvalue weighted by atomic mass is 10.0. The Hall–Kier alpha value is -1.71. The molecule has 4 nitrogen and oxygen atoms in total. The fourth-order valence-corrected chi connectivity index (χ4v) is 1.53. The van der Waals surface area contributed by atoms with E-state index >= 15 is 0 Å². The summed E-state index contributed by atoms with van der Waals surface area (Å²) < 4.78 is 4.77. The Morgan fingerprint density at radius 2 is 2.06 bits per heavy atom. The standard InChI is InChI=1S/C13H20N2O2/c1-8(2)12(13(16)17-4)15-10-6-5-9(3)11(14)7-10/h5-8,12,15H,14H2,1-4H3. The third-order valence-electron chi connectivity index (χ3n) is 2.72. The molecule has 1 unspecified atom stereocenters. The van der Waals surface area contributed by atoms with Crippen LogP contribution in [0.4, 0.5) is 11.4 Å². The van der Waals surface area contributed by atoms with Crippen molar-refractivity contribution in [3.63, 3.8) is 0 Å². The lowest BCUT2D eigenvalue weighted by molar-refractivity contribution is -0.142. The van der Waals surface area contributed by atoms with Gasteiger partial charge in [0.2, 0.25) is 0 Å². The number of nitrogens with two attached hydrogens (primary N) is 1. The van der Waals surface area contributed by atoms with Crippen LogP contribution in [0.15, 0.2) is 18.2 Å². The van der Waals surface area contributed by atoms with E-state index in [0.29, 0.717) is 5.69 Å². The lowest BCUT2D eigenvalue weighted by Gasteiger charge is -2.21. The lowest BCUT2D eigenvalue weighted by Crippen LogP contribution is -2.35. The van der Waals surface area contributed by atoms with Crippen molar-refractivity contribution in [2.45, 2.75) is 26.8 Å². The van der Waals surface area contributed by atoms with Crippen molar-refractivity contribution in [2.24, 2.45) is 5.92 Å². The molecule has 4 heteroatoms. The molecule has 3 N–H and O–H groups in total. The number of benzene rings is 1. The van der Waals surface area contributed by atoms with Gasteiger partial charge in [-0.1, -0.05) is 19.9 Å². The van der Waals surface area contributed by atoms with E-state index in [0.717, 1.165) is 11.3 Å². The highest BCUT2D eigenvalue weighted by atomic mass is 16.5. The molecule has 17 heavy (non-hydrogen) atoms. The van der Waals surface area contributed by atoms with Gasteiger partial charge < -0.3 is 15.8 Å². The van der Waals surface area contributed by atoms with Crippen molar-refractivity contribution in [3.05, 3.63) is 23.8 Å². The number of hydrogen-bond donors (Lipinski definition) is 2. The molecule has 0 saturated heterocycles. The van der Waals surface area contributed by atoms with Gasteiger partial charge in [0.15, 0.2) is 0 Å². The molecule has 1 aromatic rings. The molecule has 1 aromatic carbocycles. The third-order valence-corrected chi connectivity index (χ3v) is 2.72. The summed E-state index contributed by atoms with van der Waals surface area (Å²) >= 11 is 0. The smallest absolute Gasteiger partial charge is 0.328 e. The first-order valence-electron chi connectivity index (χ1n) is 5.66. The Morgan fingerprint density at radius 1 is 1.41 bits per heavy atom. The maximum atomic E-state index is 11.6. The molecular formula is C13H20N2O2. The molecule has 0 aliphatic carbocycles. The first-order chi connectivity index (χ1) is 7.95. The number of hydrogen-bond acceptors (Lipinski definition) is 4. The van der Waals surface area contributed by atoms with E-state index < -0.39 is 0 Å². The van der Waals surface area contributed by atoms with Crippen molar-refractivity contribution in [3.8, 4) is 0 Å². The summed E-state index contributed by atoms with van der Waals surface area (Å²) in [4.78, 5) is 11.6. The number of anilines is 2. The first-order valence-corrected chi connectivity index (χ1v) is 5.66. The van der Waals surface area contributed by atoms with Gasteiger partial charge in [-0.3, -0.25) is 0 Å². The van der Waals surface area contributed by atoms with Crippen LogP contribution >= 0.6 is 0 Å². The van der Waals surface area contributed by atoms with Crippen molar-refractivity contribution >= 4 is 17.3 Å². The summed E-state index contributed by atoms with van der Waals surface area (Å²) in [5.74, 6) is -0.121. The van der Waals surface area contributed by atoms with Crippen LogP contribution in [0.3, 0.4) is 0 Å². The number of nitrogens with one attached hydrogen (secondary N) is 1. The van der Waals surface area contributed by atoms with E-state index in [4.69, 9.17) is 10.5 Å². The number of methoxy groups -OCH3 is 1. The molecule has 0 radical (unpaired) electrons. The molecule has 0 heterocycles. The molecule has 94 valence electrons. The normalized spacial score (nSPS) is 12.3. The molecule has 0 aliphatic heterocycles. The van der Waals surface area contributed by atoms with Crippen molar-refractivity contribution < 1.29 is 9.53 Å². The molecular weight excluding hydrogens is 216 g/mol. The van der Waals surface area contributed by atoms with Gasteiger partial charge >= 0.3 is 5.97 Å². The third kappa shape index (κ3) is 3.37. The molecule has 1 rings (SSSR count). The van der Waals surface area contributed by atoms with Crippen LogP contribution in [-0.2, 0) is 9.53 Å². The van der Waals surface area contributed by atoms with Crippen molar-refractivity contribution in [2.75, 3.05) is 18.2 Å². The van der Waals surface area contributed by atoms with Crippen LogP contribution in [-0.4, -0.2) is 19.1 Å². The molecule has 1 atom stereocenters. The van der Waals surface area contributed by atoms with Crippen LogP contribution in [0.2, 0.25) is 0 Å². The summed E-state index contributed by atoms with van der Waals surface area (Å²) in [7, 11) is 1.39. The average Bonchev–Trinajstić information content (AvgIpc) is 2.29. The zero-order valence-electron chi connectivity index (χ0n) is 10.8. The van der Waals surface area contributed by atoms with Crippen LogP contribution < -0.4 is 11.1 Å². The number of carbonyl (C=O) groups is 1. The molecule has 0 spiro atoms. The number of rotatable bonds is 4. The summed E-state index contributed by atoms with van der Waals surface area (Å²) in [5.41, 5.74) is 8.39. The van der Waals surface area contributed by atoms with E-state index in [-0.39, 0.29) is 17.9 Å². The minimum Gasteiger partial charge on any atom is -0.467 e. The Kier molecular flexibility index (Phi) is 4.37. The van der Waals surface area contributed by atoms with Crippen molar-refractivity contribution in [1.82, 2.24) is 0 Å². The number of esters is 1. The number of nitrogen functional groups attached to an aromatic ring is 1. The quantitative estimate of drug-likeness (QED) is 0.621. The second-order valence-corrected chi connectivity index (χ2v) is 4.46. The minimum absolute atomic E-state index is 0.143. The van der Waals surface area contributed by atoms with Crippen LogP contribution in [0.1, 0.15) is 19.4 Å². The monoisotopic (exact) mass is 236 g/mol. The van der Waals surface area contributed by atoms with Gasteiger partial charge in [0.05, 0.1) is 7.11 Å². The zero-order valence-corrected chi connectivity index (χ0v) is 10.8. The van der Waals surface area contributed by atoms with Crippen LogP contribution in [0, 0.1) is 12.8 Å². The number of ether oxygens (including phenoxy) is 1. The molecule has 0 saturated carbocycles. The maximum Gasteiger partial charge on any atom is 0.328 e. The van der Waals surface area contributed by atoms with Crippen LogP contribution in [0.25, 0.3) is 0 Å². The molecule has 0 aliphatic rings. The molecule has 0 amide bonds. The van der Waals surface area contributed by atoms with Gasteiger partial charge in [0, 0.05) is 11.4 Å². The van der Waals surface area contributed by atoms with Crippen molar-refractivity contribution in [1.29, 1.82) is 0 Å². The van der Waals surface area contributed by atoms with Gasteiger partial charge in [-0.05, 0) is 30.5 Å². The summed E-state index contributed by atoms with van der Waals surface area (Å²) in [6, 6.07) is 5.30. The molecule has 0 bridgehead atoms. The van der Waals surface area contributed by atoms with Gasteiger partial charge in [-0.25, -0.2) is 4.79 Å². The Bertz CT molecular complexity index is 402. The summed E-state index contributed by atoms with van der Waals surface area (Å²) in [6.45, 7) is 5.87. The molecule has 0 fully saturated rings. The second kappa shape index (κ2) is 5.57. The predicted molar refractivity (Wildman–Crippen MR) is 69.9 cm³/mol. The largest absolute Gasteiger partial charge is 0.467 e. The van der Waals surface area contributed by atoms with Crippen LogP contribution in [0.5, 0.6) is 0 Å². The van der Waals surface area contributed by atoms with E-state index in [9.17, 15) is 4.79 Å². The fourth-order valence-electron chi connectivity index (χ4n) is 1.53. The fraction of sp³-hybridized carbons (Fsp3) is 0.462. The Morgan fingerprint density at radius 3 is 2.53 bits per heavy atom. The topological polar surface area (TPSA) is 64.3 Å². The highest BCUT2D eigenvalue weighted by Gasteiger charge is 2.22. The van der Waals surface area contributed by atoms with Gasteiger partial charge in [0.1, 0.15) is 6.04 Å². The minimum atomic E-state index is -0.359. The SMILES string of the molecule is COC(=O)C(Nc1ccc(C)c(N)c1)C(C)C. The van der Waals surface area contributed by atoms with E-state index in [1.54, 1.807) is 0 Å². The first kappa shape index (κ1) is 13.4. The van der Waals surface area contributed by atoms with Gasteiger partial charge in [-0.15, -0.1) is 0 Å². The highest BCUT2D eigenvalue weighted by Crippen LogP contribution is 2.19.